The van der Waals surface area contributed by atoms with Gasteiger partial charge in [-0.1, -0.05) is 28.1 Å². The maximum Gasteiger partial charge on any atom is 0.228 e. The molecule has 1 saturated heterocycles. The van der Waals surface area contributed by atoms with Gasteiger partial charge in [-0.25, -0.2) is 0 Å². The summed E-state index contributed by atoms with van der Waals surface area (Å²) in [4.78, 5) is 25.7. The Kier molecular flexibility index (Phi) is 5.00. The Morgan fingerprint density at radius 1 is 1.21 bits per heavy atom. The largest absolute Gasteiger partial charge is 0.326 e. The first-order valence-electron chi connectivity index (χ1n) is 7.98. The average Bonchev–Trinajstić information content (AvgIpc) is 2.98. The first kappa shape index (κ1) is 16.7. The van der Waals surface area contributed by atoms with Gasteiger partial charge in [0.05, 0.1) is 6.42 Å². The number of carbonyl (C=O) groups is 2. The van der Waals surface area contributed by atoms with Crippen LogP contribution in [0.25, 0.3) is 0 Å². The van der Waals surface area contributed by atoms with E-state index < -0.39 is 0 Å². The Bertz CT molecular complexity index is 771. The van der Waals surface area contributed by atoms with Crippen molar-refractivity contribution < 1.29 is 9.59 Å². The van der Waals surface area contributed by atoms with Crippen LogP contribution in [-0.2, 0) is 16.0 Å². The van der Waals surface area contributed by atoms with E-state index in [9.17, 15) is 9.59 Å². The van der Waals surface area contributed by atoms with E-state index in [2.05, 4.69) is 21.2 Å². The van der Waals surface area contributed by atoms with Gasteiger partial charge >= 0.3 is 0 Å². The lowest BCUT2D eigenvalue weighted by molar-refractivity contribution is -0.117. The molecule has 2 aromatic rings. The summed E-state index contributed by atoms with van der Waals surface area (Å²) in [6, 6.07) is 13.4. The summed E-state index contributed by atoms with van der Waals surface area (Å²) in [5, 5.41) is 2.91. The van der Waals surface area contributed by atoms with Crippen LogP contribution in [0.1, 0.15) is 24.0 Å². The van der Waals surface area contributed by atoms with E-state index in [4.69, 9.17) is 0 Å². The summed E-state index contributed by atoms with van der Waals surface area (Å²) >= 11 is 3.45. The van der Waals surface area contributed by atoms with Crippen molar-refractivity contribution in [2.45, 2.75) is 26.2 Å². The summed E-state index contributed by atoms with van der Waals surface area (Å²) in [6.45, 7) is 2.76. The SMILES string of the molecule is Cc1cc(NC(=O)Cc2ccc(N3CCCC3=O)cc2)ccc1Br. The number of amides is 2. The highest BCUT2D eigenvalue weighted by Gasteiger charge is 2.21. The molecule has 3 rings (SSSR count). The molecule has 0 aliphatic carbocycles. The van der Waals surface area contributed by atoms with Gasteiger partial charge in [0.2, 0.25) is 11.8 Å². The molecule has 1 aliphatic rings. The molecule has 5 heteroatoms. The Hall–Kier alpha value is -2.14. The number of hydrogen-bond donors (Lipinski definition) is 1. The molecule has 0 bridgehead atoms. The molecule has 2 amide bonds. The summed E-state index contributed by atoms with van der Waals surface area (Å²) in [7, 11) is 0. The fourth-order valence-electron chi connectivity index (χ4n) is 2.83. The van der Waals surface area contributed by atoms with Crippen LogP contribution < -0.4 is 10.2 Å². The van der Waals surface area contributed by atoms with Crippen molar-refractivity contribution in [3.8, 4) is 0 Å². The molecule has 1 aliphatic heterocycles. The molecule has 24 heavy (non-hydrogen) atoms. The Morgan fingerprint density at radius 3 is 2.58 bits per heavy atom. The van der Waals surface area contributed by atoms with Crippen LogP contribution in [0.5, 0.6) is 0 Å². The molecule has 1 heterocycles. The number of carbonyl (C=O) groups excluding carboxylic acids is 2. The van der Waals surface area contributed by atoms with Gasteiger partial charge in [-0.2, -0.15) is 0 Å². The van der Waals surface area contributed by atoms with Gasteiger partial charge in [0, 0.05) is 28.8 Å². The zero-order chi connectivity index (χ0) is 17.1. The number of anilines is 2. The molecule has 0 radical (unpaired) electrons. The fraction of sp³-hybridized carbons (Fsp3) is 0.263. The van der Waals surface area contributed by atoms with E-state index >= 15 is 0 Å². The lowest BCUT2D eigenvalue weighted by atomic mass is 10.1. The molecular weight excluding hydrogens is 368 g/mol. The minimum atomic E-state index is -0.0540. The molecule has 1 fully saturated rings. The van der Waals surface area contributed by atoms with Crippen LogP contribution in [0.4, 0.5) is 11.4 Å². The van der Waals surface area contributed by atoms with Crippen molar-refractivity contribution in [1.82, 2.24) is 0 Å². The van der Waals surface area contributed by atoms with Gasteiger partial charge in [-0.05, 0) is 54.8 Å². The molecule has 2 aromatic carbocycles. The van der Waals surface area contributed by atoms with Crippen LogP contribution in [0.2, 0.25) is 0 Å². The quantitative estimate of drug-likeness (QED) is 0.860. The second-order valence-corrected chi connectivity index (χ2v) is 6.86. The number of benzene rings is 2. The molecule has 0 spiro atoms. The molecule has 124 valence electrons. The van der Waals surface area contributed by atoms with Gasteiger partial charge in [-0.3, -0.25) is 9.59 Å². The van der Waals surface area contributed by atoms with Crippen LogP contribution in [0.3, 0.4) is 0 Å². The van der Waals surface area contributed by atoms with E-state index in [-0.39, 0.29) is 11.8 Å². The summed E-state index contributed by atoms with van der Waals surface area (Å²) < 4.78 is 1.02. The molecule has 4 nitrogen and oxygen atoms in total. The van der Waals surface area contributed by atoms with E-state index in [1.165, 1.54) is 0 Å². The molecule has 0 aromatic heterocycles. The third kappa shape index (κ3) is 3.85. The van der Waals surface area contributed by atoms with Crippen LogP contribution >= 0.6 is 15.9 Å². The number of aryl methyl sites for hydroxylation is 1. The van der Waals surface area contributed by atoms with Crippen LogP contribution in [-0.4, -0.2) is 18.4 Å². The fourth-order valence-corrected chi connectivity index (χ4v) is 3.07. The van der Waals surface area contributed by atoms with Gasteiger partial charge < -0.3 is 10.2 Å². The van der Waals surface area contributed by atoms with Gasteiger partial charge in [0.1, 0.15) is 0 Å². The van der Waals surface area contributed by atoms with E-state index in [1.54, 1.807) is 4.90 Å². The monoisotopic (exact) mass is 386 g/mol. The topological polar surface area (TPSA) is 49.4 Å². The lowest BCUT2D eigenvalue weighted by Crippen LogP contribution is -2.23. The highest BCUT2D eigenvalue weighted by molar-refractivity contribution is 9.10. The van der Waals surface area contributed by atoms with Crippen molar-refractivity contribution in [2.24, 2.45) is 0 Å². The summed E-state index contributed by atoms with van der Waals surface area (Å²) in [5.41, 5.74) is 3.70. The Labute approximate surface area is 150 Å². The normalized spacial score (nSPS) is 14.1. The molecular formula is C19H19BrN2O2. The summed E-state index contributed by atoms with van der Waals surface area (Å²) in [5.74, 6) is 0.118. The maximum atomic E-state index is 12.2. The highest BCUT2D eigenvalue weighted by atomic mass is 79.9. The first-order valence-corrected chi connectivity index (χ1v) is 8.77. The second-order valence-electron chi connectivity index (χ2n) is 6.00. The number of halogens is 1. The standard InChI is InChI=1S/C19H19BrN2O2/c1-13-11-15(6-9-17(13)20)21-18(23)12-14-4-7-16(8-5-14)22-10-2-3-19(22)24/h4-9,11H,2-3,10,12H2,1H3,(H,21,23). The zero-order valence-electron chi connectivity index (χ0n) is 13.5. The lowest BCUT2D eigenvalue weighted by Gasteiger charge is -2.16. The van der Waals surface area contributed by atoms with Crippen molar-refractivity contribution in [3.63, 3.8) is 0 Å². The van der Waals surface area contributed by atoms with Gasteiger partial charge in [0.25, 0.3) is 0 Å². The predicted molar refractivity (Wildman–Crippen MR) is 99.2 cm³/mol. The van der Waals surface area contributed by atoms with Gasteiger partial charge in [-0.15, -0.1) is 0 Å². The minimum Gasteiger partial charge on any atom is -0.326 e. The summed E-state index contributed by atoms with van der Waals surface area (Å²) in [6.07, 6.45) is 1.84. The number of hydrogen-bond acceptors (Lipinski definition) is 2. The highest BCUT2D eigenvalue weighted by Crippen LogP contribution is 2.22. The zero-order valence-corrected chi connectivity index (χ0v) is 15.1. The second kappa shape index (κ2) is 7.18. The van der Waals surface area contributed by atoms with E-state index in [0.717, 1.165) is 39.9 Å². The number of nitrogens with one attached hydrogen (secondary N) is 1. The van der Waals surface area contributed by atoms with Crippen molar-refractivity contribution in [3.05, 3.63) is 58.1 Å². The average molecular weight is 387 g/mol. The van der Waals surface area contributed by atoms with E-state index in [0.29, 0.717) is 12.8 Å². The number of nitrogens with zero attached hydrogens (tertiary/aromatic N) is 1. The molecule has 0 saturated carbocycles. The third-order valence-corrected chi connectivity index (χ3v) is 5.02. The molecule has 0 atom stereocenters. The van der Waals surface area contributed by atoms with Crippen molar-refractivity contribution in [2.75, 3.05) is 16.8 Å². The van der Waals surface area contributed by atoms with Gasteiger partial charge in [0.15, 0.2) is 0 Å². The first-order chi connectivity index (χ1) is 11.5. The maximum absolute atomic E-state index is 12.2. The molecule has 1 N–H and O–H groups in total. The predicted octanol–water partition coefficient (Wildman–Crippen LogP) is 4.07. The van der Waals surface area contributed by atoms with Crippen LogP contribution in [0, 0.1) is 6.92 Å². The Morgan fingerprint density at radius 2 is 1.96 bits per heavy atom. The molecule has 0 unspecified atom stereocenters. The van der Waals surface area contributed by atoms with Crippen LogP contribution in [0.15, 0.2) is 46.9 Å². The van der Waals surface area contributed by atoms with Crippen molar-refractivity contribution in [1.29, 1.82) is 0 Å². The van der Waals surface area contributed by atoms with E-state index in [1.807, 2.05) is 49.4 Å². The minimum absolute atomic E-state index is 0.0540. The number of rotatable bonds is 4. The van der Waals surface area contributed by atoms with Crippen molar-refractivity contribution >= 4 is 39.1 Å². The smallest absolute Gasteiger partial charge is 0.228 e. The Balaban J connectivity index is 1.62. The third-order valence-electron chi connectivity index (χ3n) is 4.13.